The van der Waals surface area contributed by atoms with Crippen LogP contribution in [-0.2, 0) is 6.42 Å². The van der Waals surface area contributed by atoms with Crippen LogP contribution < -0.4 is 5.32 Å². The van der Waals surface area contributed by atoms with Crippen molar-refractivity contribution in [2.75, 3.05) is 5.32 Å². The number of oxazole rings is 1. The molecule has 0 bridgehead atoms. The molecular weight excluding hydrogens is 347 g/mol. The van der Waals surface area contributed by atoms with Crippen LogP contribution in [0.2, 0.25) is 10.0 Å². The van der Waals surface area contributed by atoms with Gasteiger partial charge in [0.2, 0.25) is 5.89 Å². The average molecular weight is 361 g/mol. The van der Waals surface area contributed by atoms with E-state index in [9.17, 15) is 4.79 Å². The lowest BCUT2D eigenvalue weighted by Gasteiger charge is -2.03. The van der Waals surface area contributed by atoms with Gasteiger partial charge in [0.1, 0.15) is 6.26 Å². The Labute approximate surface area is 149 Å². The number of halogens is 2. The van der Waals surface area contributed by atoms with Crippen molar-refractivity contribution in [2.45, 2.75) is 13.3 Å². The summed E-state index contributed by atoms with van der Waals surface area (Å²) in [5.41, 5.74) is 2.75. The van der Waals surface area contributed by atoms with E-state index in [4.69, 9.17) is 27.6 Å². The number of hydrogen-bond donors (Lipinski definition) is 1. The molecule has 0 aliphatic carbocycles. The normalized spacial score (nSPS) is 10.6. The third-order valence-electron chi connectivity index (χ3n) is 3.52. The molecule has 3 aromatic rings. The fourth-order valence-electron chi connectivity index (χ4n) is 2.16. The Morgan fingerprint density at radius 3 is 2.54 bits per heavy atom. The summed E-state index contributed by atoms with van der Waals surface area (Å²) in [5, 5.41) is 3.63. The summed E-state index contributed by atoms with van der Waals surface area (Å²) in [6.45, 7) is 2.08. The van der Waals surface area contributed by atoms with Crippen LogP contribution in [0.1, 0.15) is 23.0 Å². The zero-order valence-electron chi connectivity index (χ0n) is 12.8. The second-order valence-corrected chi connectivity index (χ2v) is 5.99. The summed E-state index contributed by atoms with van der Waals surface area (Å²) < 4.78 is 5.37. The number of rotatable bonds is 4. The maximum absolute atomic E-state index is 12.3. The molecule has 2 aromatic carbocycles. The van der Waals surface area contributed by atoms with Crippen LogP contribution in [0.25, 0.3) is 11.5 Å². The van der Waals surface area contributed by atoms with Crippen molar-refractivity contribution in [3.8, 4) is 11.5 Å². The van der Waals surface area contributed by atoms with Gasteiger partial charge in [-0.1, -0.05) is 42.3 Å². The number of aryl methyl sites for hydroxylation is 1. The molecule has 0 aliphatic heterocycles. The van der Waals surface area contributed by atoms with E-state index in [0.717, 1.165) is 6.42 Å². The highest BCUT2D eigenvalue weighted by molar-refractivity contribution is 6.42. The van der Waals surface area contributed by atoms with Crippen LogP contribution in [0.3, 0.4) is 0 Å². The summed E-state index contributed by atoms with van der Waals surface area (Å²) in [4.78, 5) is 16.5. The van der Waals surface area contributed by atoms with Gasteiger partial charge in [0.15, 0.2) is 5.69 Å². The summed E-state index contributed by atoms with van der Waals surface area (Å²) in [5.74, 6) is -0.0330. The molecule has 0 radical (unpaired) electrons. The molecule has 0 atom stereocenters. The molecular formula is C18H14Cl2N2O2. The number of nitrogens with zero attached hydrogens (tertiary/aromatic N) is 1. The number of aromatic nitrogens is 1. The van der Waals surface area contributed by atoms with Crippen molar-refractivity contribution in [1.82, 2.24) is 4.98 Å². The lowest BCUT2D eigenvalue weighted by Crippen LogP contribution is -2.12. The highest BCUT2D eigenvalue weighted by atomic mass is 35.5. The first-order chi connectivity index (χ1) is 11.6. The number of anilines is 1. The molecule has 0 unspecified atom stereocenters. The van der Waals surface area contributed by atoms with Gasteiger partial charge in [-0.3, -0.25) is 4.79 Å². The van der Waals surface area contributed by atoms with Gasteiger partial charge in [0.25, 0.3) is 5.91 Å². The fraction of sp³-hybridized carbons (Fsp3) is 0.111. The van der Waals surface area contributed by atoms with Crippen molar-refractivity contribution < 1.29 is 9.21 Å². The number of amides is 1. The van der Waals surface area contributed by atoms with Gasteiger partial charge in [0, 0.05) is 11.3 Å². The van der Waals surface area contributed by atoms with Gasteiger partial charge in [-0.25, -0.2) is 4.98 Å². The maximum atomic E-state index is 12.3. The Kier molecular flexibility index (Phi) is 4.88. The topological polar surface area (TPSA) is 55.1 Å². The molecule has 0 aliphatic rings. The van der Waals surface area contributed by atoms with E-state index in [1.165, 1.54) is 11.8 Å². The van der Waals surface area contributed by atoms with E-state index >= 15 is 0 Å². The van der Waals surface area contributed by atoms with Crippen LogP contribution in [-0.4, -0.2) is 10.9 Å². The number of carbonyl (C=O) groups is 1. The standard InChI is InChI=1S/C18H14Cl2N2O2/c1-2-11-3-6-13(7-4-11)21-17(23)16-10-24-18(22-16)12-5-8-14(19)15(20)9-12/h3-10H,2H2,1H3,(H,21,23). The highest BCUT2D eigenvalue weighted by Gasteiger charge is 2.14. The van der Waals surface area contributed by atoms with E-state index in [-0.39, 0.29) is 11.6 Å². The molecule has 6 heteroatoms. The molecule has 0 saturated heterocycles. The van der Waals surface area contributed by atoms with E-state index < -0.39 is 0 Å². The zero-order chi connectivity index (χ0) is 17.1. The Balaban J connectivity index is 1.76. The SMILES string of the molecule is CCc1ccc(NC(=O)c2coc(-c3ccc(Cl)c(Cl)c3)n2)cc1. The molecule has 1 amide bonds. The summed E-state index contributed by atoms with van der Waals surface area (Å²) in [7, 11) is 0. The number of hydrogen-bond acceptors (Lipinski definition) is 3. The smallest absolute Gasteiger partial charge is 0.277 e. The zero-order valence-corrected chi connectivity index (χ0v) is 14.4. The third kappa shape index (κ3) is 3.61. The number of benzene rings is 2. The van der Waals surface area contributed by atoms with E-state index in [2.05, 4.69) is 17.2 Å². The van der Waals surface area contributed by atoms with Crippen molar-refractivity contribution in [3.05, 3.63) is 70.0 Å². The average Bonchev–Trinajstić information content (AvgIpc) is 3.08. The Hall–Kier alpha value is -2.30. The first-order valence-corrected chi connectivity index (χ1v) is 8.13. The third-order valence-corrected chi connectivity index (χ3v) is 4.26. The molecule has 0 saturated carbocycles. The van der Waals surface area contributed by atoms with Crippen LogP contribution in [0.4, 0.5) is 5.69 Å². The first-order valence-electron chi connectivity index (χ1n) is 7.38. The van der Waals surface area contributed by atoms with Crippen LogP contribution >= 0.6 is 23.2 Å². The van der Waals surface area contributed by atoms with Gasteiger partial charge in [-0.2, -0.15) is 0 Å². The molecule has 1 heterocycles. The number of carbonyl (C=O) groups excluding carboxylic acids is 1. The molecule has 122 valence electrons. The summed E-state index contributed by atoms with van der Waals surface area (Å²) >= 11 is 11.9. The van der Waals surface area contributed by atoms with Crippen LogP contribution in [0, 0.1) is 0 Å². The van der Waals surface area contributed by atoms with Crippen LogP contribution in [0.15, 0.2) is 53.1 Å². The highest BCUT2D eigenvalue weighted by Crippen LogP contribution is 2.28. The minimum absolute atomic E-state index is 0.190. The van der Waals surface area contributed by atoms with E-state index in [1.54, 1.807) is 18.2 Å². The molecule has 3 rings (SSSR count). The molecule has 1 aromatic heterocycles. The molecule has 4 nitrogen and oxygen atoms in total. The molecule has 24 heavy (non-hydrogen) atoms. The monoisotopic (exact) mass is 360 g/mol. The lowest BCUT2D eigenvalue weighted by atomic mass is 10.1. The van der Waals surface area contributed by atoms with Gasteiger partial charge in [-0.05, 0) is 42.3 Å². The maximum Gasteiger partial charge on any atom is 0.277 e. The van der Waals surface area contributed by atoms with Crippen LogP contribution in [0.5, 0.6) is 0 Å². The van der Waals surface area contributed by atoms with Gasteiger partial charge in [0.05, 0.1) is 10.0 Å². The van der Waals surface area contributed by atoms with E-state index in [0.29, 0.717) is 27.2 Å². The molecule has 0 spiro atoms. The van der Waals surface area contributed by atoms with Crippen molar-refractivity contribution in [3.63, 3.8) is 0 Å². The van der Waals surface area contributed by atoms with Gasteiger partial charge < -0.3 is 9.73 Å². The Morgan fingerprint density at radius 1 is 1.12 bits per heavy atom. The quantitative estimate of drug-likeness (QED) is 0.671. The Morgan fingerprint density at radius 2 is 1.88 bits per heavy atom. The van der Waals surface area contributed by atoms with Gasteiger partial charge in [-0.15, -0.1) is 0 Å². The fourth-order valence-corrected chi connectivity index (χ4v) is 2.46. The van der Waals surface area contributed by atoms with Crippen molar-refractivity contribution in [2.24, 2.45) is 0 Å². The molecule has 0 fully saturated rings. The minimum atomic E-state index is -0.339. The van der Waals surface area contributed by atoms with Crippen molar-refractivity contribution in [1.29, 1.82) is 0 Å². The Bertz CT molecular complexity index is 873. The van der Waals surface area contributed by atoms with E-state index in [1.807, 2.05) is 24.3 Å². The summed E-state index contributed by atoms with van der Waals surface area (Å²) in [6, 6.07) is 12.7. The predicted molar refractivity (Wildman–Crippen MR) is 95.7 cm³/mol. The lowest BCUT2D eigenvalue weighted by molar-refractivity contribution is 0.102. The molecule has 1 N–H and O–H groups in total. The van der Waals surface area contributed by atoms with Crippen molar-refractivity contribution >= 4 is 34.8 Å². The summed E-state index contributed by atoms with van der Waals surface area (Å²) in [6.07, 6.45) is 2.26. The second kappa shape index (κ2) is 7.07. The second-order valence-electron chi connectivity index (χ2n) is 5.17. The first kappa shape index (κ1) is 16.6. The number of nitrogens with one attached hydrogen (secondary N) is 1. The minimum Gasteiger partial charge on any atom is -0.444 e. The van der Waals surface area contributed by atoms with Gasteiger partial charge >= 0.3 is 0 Å². The largest absolute Gasteiger partial charge is 0.444 e. The predicted octanol–water partition coefficient (Wildman–Crippen LogP) is 5.46.